The van der Waals surface area contributed by atoms with Crippen LogP contribution in [0.5, 0.6) is 0 Å². The Morgan fingerprint density at radius 2 is 1.80 bits per heavy atom. The number of ketones is 3. The number of allylic oxidation sites excluding steroid dienone is 1. The molecule has 0 N–H and O–H groups in total. The third-order valence-electron chi connectivity index (χ3n) is 2.86. The normalized spacial score (nSPS) is 18.8. The zero-order valence-electron chi connectivity index (χ0n) is 11.4. The van der Waals surface area contributed by atoms with Gasteiger partial charge < -0.3 is 9.59 Å². The molecule has 0 heterocycles. The van der Waals surface area contributed by atoms with E-state index in [0.717, 1.165) is 6.42 Å². The molecule has 1 fully saturated rings. The smallest absolute Gasteiger partial charge is 0.179 e. The Balaban J connectivity index is 0. The number of halogens is 2. The van der Waals surface area contributed by atoms with Crippen LogP contribution in [0.2, 0.25) is 0 Å². The number of hydrogen-bond acceptors (Lipinski definition) is 3. The summed E-state index contributed by atoms with van der Waals surface area (Å²) < 4.78 is -1.21. The van der Waals surface area contributed by atoms with Gasteiger partial charge in [0.15, 0.2) is 10.1 Å². The first-order valence-electron chi connectivity index (χ1n) is 6.22. The first-order valence-corrected chi connectivity index (χ1v) is 6.98. The maximum absolute atomic E-state index is 10.9. The van der Waals surface area contributed by atoms with E-state index in [1.54, 1.807) is 13.0 Å². The van der Waals surface area contributed by atoms with Crippen molar-refractivity contribution >= 4 is 40.6 Å². The van der Waals surface area contributed by atoms with Crippen LogP contribution in [-0.4, -0.2) is 21.7 Å². The van der Waals surface area contributed by atoms with Gasteiger partial charge in [-0.15, -0.1) is 6.58 Å². The molecule has 0 aliphatic heterocycles. The fourth-order valence-electron chi connectivity index (χ4n) is 1.55. The summed E-state index contributed by atoms with van der Waals surface area (Å²) in [6.45, 7) is 6.59. The lowest BCUT2D eigenvalue weighted by molar-refractivity contribution is -0.129. The number of alkyl halides is 2. The maximum Gasteiger partial charge on any atom is 0.179 e. The highest BCUT2D eigenvalue weighted by Gasteiger charge is 2.51. The molecule has 116 valence electrons. The van der Waals surface area contributed by atoms with Crippen LogP contribution in [0, 0.1) is 5.92 Å². The number of Topliss-reactive ketones (excluding diaryl/α,β-unsaturated/α-hetero) is 3. The van der Waals surface area contributed by atoms with E-state index in [2.05, 4.69) is 6.58 Å². The molecule has 20 heavy (non-hydrogen) atoms. The van der Waals surface area contributed by atoms with E-state index >= 15 is 0 Å². The van der Waals surface area contributed by atoms with Crippen molar-refractivity contribution < 1.29 is 14.4 Å². The van der Waals surface area contributed by atoms with Crippen LogP contribution in [0.4, 0.5) is 0 Å². The molecule has 3 nitrogen and oxygen atoms in total. The van der Waals surface area contributed by atoms with Crippen molar-refractivity contribution in [3.05, 3.63) is 12.7 Å². The lowest BCUT2D eigenvalue weighted by Gasteiger charge is -2.37. The zero-order chi connectivity index (χ0) is 15.1. The van der Waals surface area contributed by atoms with Crippen LogP contribution in [0.3, 0.4) is 0 Å². The highest BCUT2D eigenvalue weighted by molar-refractivity contribution is 6.60. The van der Waals surface area contributed by atoms with Gasteiger partial charge in [-0.25, -0.2) is 0 Å². The topological polar surface area (TPSA) is 51.2 Å². The monoisotopic (exact) mass is 322 g/mol. The minimum Gasteiger partial charge on any atom is -0.300 e. The summed E-state index contributed by atoms with van der Waals surface area (Å²) in [5, 5.41) is 0. The van der Waals surface area contributed by atoms with Gasteiger partial charge in [0.1, 0.15) is 11.6 Å². The first kappa shape index (κ1) is 21.6. The number of carbonyl (C=O) groups excluding carboxylic acids is 3. The fourth-order valence-corrected chi connectivity index (χ4v) is 2.08. The van der Waals surface area contributed by atoms with Crippen molar-refractivity contribution in [3.8, 4) is 0 Å². The number of carbonyl (C=O) groups is 3. The Morgan fingerprint density at radius 3 is 2.05 bits per heavy atom. The van der Waals surface area contributed by atoms with E-state index in [1.165, 1.54) is 6.92 Å². The van der Waals surface area contributed by atoms with Crippen LogP contribution in [0.25, 0.3) is 0 Å². The third-order valence-corrected chi connectivity index (χ3v) is 3.90. The van der Waals surface area contributed by atoms with Gasteiger partial charge in [-0.3, -0.25) is 4.79 Å². The third kappa shape index (κ3) is 7.81. The molecule has 1 unspecified atom stereocenters. The molecule has 0 amide bonds. The molecule has 0 radical (unpaired) electrons. The van der Waals surface area contributed by atoms with Gasteiger partial charge in [-0.05, 0) is 26.7 Å². The van der Waals surface area contributed by atoms with Crippen LogP contribution in [-0.2, 0) is 14.4 Å². The molecule has 0 spiro atoms. The van der Waals surface area contributed by atoms with E-state index in [1.807, 2.05) is 0 Å². The summed E-state index contributed by atoms with van der Waals surface area (Å²) >= 11 is 11.4. The molecule has 0 saturated heterocycles. The Hall–Kier alpha value is -0.670. The lowest BCUT2D eigenvalue weighted by atomic mass is 9.79. The summed E-state index contributed by atoms with van der Waals surface area (Å²) in [6.07, 6.45) is 4.70. The van der Waals surface area contributed by atoms with Gasteiger partial charge in [0.2, 0.25) is 0 Å². The summed E-state index contributed by atoms with van der Waals surface area (Å²) in [5.74, 6) is 0.190. The van der Waals surface area contributed by atoms with Crippen LogP contribution >= 0.6 is 23.2 Å². The van der Waals surface area contributed by atoms with E-state index in [-0.39, 0.29) is 30.7 Å². The van der Waals surface area contributed by atoms with Gasteiger partial charge in [0.25, 0.3) is 0 Å². The fraction of sp³-hybridized carbons (Fsp3) is 0.667. The predicted octanol–water partition coefficient (Wildman–Crippen LogP) is 4.30. The second-order valence-corrected chi connectivity index (χ2v) is 6.10. The molecule has 1 rings (SSSR count). The minimum absolute atomic E-state index is 0. The van der Waals surface area contributed by atoms with E-state index in [9.17, 15) is 14.4 Å². The van der Waals surface area contributed by atoms with E-state index in [0.29, 0.717) is 25.7 Å². The molecule has 0 aromatic heterocycles. The van der Waals surface area contributed by atoms with E-state index in [4.69, 9.17) is 23.2 Å². The largest absolute Gasteiger partial charge is 0.300 e. The number of hydrogen-bond donors (Lipinski definition) is 0. The van der Waals surface area contributed by atoms with Crippen LogP contribution in [0.15, 0.2) is 12.7 Å². The molecule has 0 aromatic rings. The van der Waals surface area contributed by atoms with Crippen molar-refractivity contribution in [2.24, 2.45) is 5.92 Å². The predicted molar refractivity (Wildman–Crippen MR) is 84.3 cm³/mol. The van der Waals surface area contributed by atoms with Crippen molar-refractivity contribution in [2.75, 3.05) is 0 Å². The second kappa shape index (κ2) is 10.1. The SMILES string of the molecule is C.C=CCCC(C)=O.CC(=O)CCC1CC(=O)C1(Cl)Cl. The first-order chi connectivity index (χ1) is 8.71. The zero-order valence-corrected chi connectivity index (χ0v) is 12.9. The molecule has 0 bridgehead atoms. The maximum atomic E-state index is 10.9. The summed E-state index contributed by atoms with van der Waals surface area (Å²) in [5.41, 5.74) is 0. The quantitative estimate of drug-likeness (QED) is 0.541. The van der Waals surface area contributed by atoms with Crippen molar-refractivity contribution in [1.29, 1.82) is 0 Å². The summed E-state index contributed by atoms with van der Waals surface area (Å²) in [4.78, 5) is 31.6. The van der Waals surface area contributed by atoms with Gasteiger partial charge in [-0.1, -0.05) is 36.7 Å². The summed E-state index contributed by atoms with van der Waals surface area (Å²) in [6, 6.07) is 0. The Kier molecular flexibility index (Phi) is 10.9. The van der Waals surface area contributed by atoms with E-state index < -0.39 is 4.33 Å². The standard InChI is InChI=1S/C8H10Cl2O2.C6H10O.CH4/c1-5(11)2-3-6-4-7(12)8(6,9)10;1-3-4-5-6(2)7;/h6H,2-4H2,1H3;3H,1,4-5H2,2H3;1H4. The van der Waals surface area contributed by atoms with Gasteiger partial charge in [0, 0.05) is 25.2 Å². The molecule has 1 aliphatic rings. The molecular weight excluding hydrogens is 299 g/mol. The van der Waals surface area contributed by atoms with Crippen LogP contribution in [0.1, 0.15) is 53.4 Å². The average Bonchev–Trinajstić information content (AvgIpc) is 2.32. The molecule has 1 saturated carbocycles. The highest BCUT2D eigenvalue weighted by atomic mass is 35.5. The van der Waals surface area contributed by atoms with Crippen molar-refractivity contribution in [3.63, 3.8) is 0 Å². The number of rotatable bonds is 6. The molecule has 1 atom stereocenters. The highest BCUT2D eigenvalue weighted by Crippen LogP contribution is 2.46. The van der Waals surface area contributed by atoms with Crippen LogP contribution < -0.4 is 0 Å². The van der Waals surface area contributed by atoms with Gasteiger partial charge >= 0.3 is 0 Å². The average molecular weight is 323 g/mol. The molecule has 1 aliphatic carbocycles. The Labute approximate surface area is 131 Å². The second-order valence-electron chi connectivity index (χ2n) is 4.72. The Bertz CT molecular complexity index is 362. The molecular formula is C15H24Cl2O3. The minimum atomic E-state index is -1.21. The Morgan fingerprint density at radius 1 is 1.30 bits per heavy atom. The van der Waals surface area contributed by atoms with Gasteiger partial charge in [-0.2, -0.15) is 0 Å². The molecule has 0 aromatic carbocycles. The molecule has 5 heteroatoms. The van der Waals surface area contributed by atoms with Crippen molar-refractivity contribution in [2.45, 2.75) is 57.7 Å². The van der Waals surface area contributed by atoms with Gasteiger partial charge in [0.05, 0.1) is 0 Å². The van der Waals surface area contributed by atoms with Crippen molar-refractivity contribution in [1.82, 2.24) is 0 Å². The lowest BCUT2D eigenvalue weighted by Crippen LogP contribution is -2.47. The summed E-state index contributed by atoms with van der Waals surface area (Å²) in [7, 11) is 0.